The second kappa shape index (κ2) is 6.64. The van der Waals surface area contributed by atoms with Crippen molar-refractivity contribution in [3.8, 4) is 11.5 Å². The molecule has 2 aromatic carbocycles. The Morgan fingerprint density at radius 2 is 1.80 bits per heavy atom. The van der Waals surface area contributed by atoms with Crippen LogP contribution in [0.2, 0.25) is 5.02 Å². The minimum atomic E-state index is 0.0699. The number of aromatic hydroxyl groups is 2. The molecule has 0 radical (unpaired) electrons. The maximum absolute atomic E-state index is 9.71. The molecule has 2 rings (SSSR count). The summed E-state index contributed by atoms with van der Waals surface area (Å²) in [4.78, 5) is 0. The zero-order valence-corrected chi connectivity index (χ0v) is 12.1. The van der Waals surface area contributed by atoms with Crippen molar-refractivity contribution in [2.75, 3.05) is 0 Å². The minimum Gasteiger partial charge on any atom is -0.508 e. The van der Waals surface area contributed by atoms with Crippen LogP contribution in [0.15, 0.2) is 42.5 Å². The summed E-state index contributed by atoms with van der Waals surface area (Å²) >= 11 is 5.86. The smallest absolute Gasteiger partial charge is 0.123 e. The van der Waals surface area contributed by atoms with E-state index in [2.05, 4.69) is 12.2 Å². The van der Waals surface area contributed by atoms with E-state index in [9.17, 15) is 10.2 Å². The normalized spacial score (nSPS) is 12.3. The highest BCUT2D eigenvalue weighted by molar-refractivity contribution is 6.30. The van der Waals surface area contributed by atoms with Crippen LogP contribution in [0.3, 0.4) is 0 Å². The number of rotatable bonds is 5. The highest BCUT2D eigenvalue weighted by Gasteiger charge is 2.06. The van der Waals surface area contributed by atoms with Crippen LogP contribution in [-0.4, -0.2) is 16.3 Å². The van der Waals surface area contributed by atoms with Crippen LogP contribution in [0.25, 0.3) is 0 Å². The lowest BCUT2D eigenvalue weighted by molar-refractivity contribution is 0.440. The molecule has 0 bridgehead atoms. The first-order valence-electron chi connectivity index (χ1n) is 6.53. The molecule has 0 aliphatic rings. The SMILES string of the molecule is CC(Cc1ccc(Cl)cc1)NCc1ccc(O)cc1O. The van der Waals surface area contributed by atoms with Crippen LogP contribution in [0.4, 0.5) is 0 Å². The molecule has 0 aromatic heterocycles. The Hall–Kier alpha value is -1.71. The van der Waals surface area contributed by atoms with Crippen LogP contribution in [-0.2, 0) is 13.0 Å². The number of hydrogen-bond acceptors (Lipinski definition) is 3. The van der Waals surface area contributed by atoms with Gasteiger partial charge in [-0.25, -0.2) is 0 Å². The fourth-order valence-corrected chi connectivity index (χ4v) is 2.16. The van der Waals surface area contributed by atoms with Crippen molar-refractivity contribution in [3.05, 3.63) is 58.6 Å². The lowest BCUT2D eigenvalue weighted by Gasteiger charge is -2.14. The van der Waals surface area contributed by atoms with Crippen LogP contribution < -0.4 is 5.32 Å². The summed E-state index contributed by atoms with van der Waals surface area (Å²) in [5.74, 6) is 0.177. The minimum absolute atomic E-state index is 0.0699. The van der Waals surface area contributed by atoms with Crippen LogP contribution in [0.5, 0.6) is 11.5 Å². The van der Waals surface area contributed by atoms with Crippen molar-refractivity contribution in [1.82, 2.24) is 5.32 Å². The van der Waals surface area contributed by atoms with Gasteiger partial charge >= 0.3 is 0 Å². The number of nitrogens with one attached hydrogen (secondary N) is 1. The third-order valence-corrected chi connectivity index (χ3v) is 3.42. The van der Waals surface area contributed by atoms with Gasteiger partial charge in [-0.1, -0.05) is 29.8 Å². The van der Waals surface area contributed by atoms with E-state index in [0.29, 0.717) is 6.54 Å². The van der Waals surface area contributed by atoms with Gasteiger partial charge in [-0.2, -0.15) is 0 Å². The topological polar surface area (TPSA) is 52.5 Å². The van der Waals surface area contributed by atoms with Gasteiger partial charge in [-0.05, 0) is 37.1 Å². The molecule has 3 N–H and O–H groups in total. The molecule has 0 heterocycles. The summed E-state index contributed by atoms with van der Waals surface area (Å²) in [6.45, 7) is 2.65. The van der Waals surface area contributed by atoms with Gasteiger partial charge in [0.15, 0.2) is 0 Å². The Balaban J connectivity index is 1.88. The molecule has 4 heteroatoms. The number of phenolic OH excluding ortho intramolecular Hbond substituents is 2. The van der Waals surface area contributed by atoms with Crippen molar-refractivity contribution in [2.24, 2.45) is 0 Å². The second-order valence-corrected chi connectivity index (χ2v) is 5.36. The third-order valence-electron chi connectivity index (χ3n) is 3.17. The molecule has 1 atom stereocenters. The van der Waals surface area contributed by atoms with Crippen molar-refractivity contribution in [1.29, 1.82) is 0 Å². The van der Waals surface area contributed by atoms with E-state index in [0.717, 1.165) is 17.0 Å². The van der Waals surface area contributed by atoms with E-state index in [4.69, 9.17) is 11.6 Å². The van der Waals surface area contributed by atoms with E-state index < -0.39 is 0 Å². The Morgan fingerprint density at radius 1 is 1.10 bits per heavy atom. The largest absolute Gasteiger partial charge is 0.508 e. The van der Waals surface area contributed by atoms with Crippen molar-refractivity contribution in [3.63, 3.8) is 0 Å². The monoisotopic (exact) mass is 291 g/mol. The van der Waals surface area contributed by atoms with Crippen LogP contribution in [0, 0.1) is 0 Å². The summed E-state index contributed by atoms with van der Waals surface area (Å²) < 4.78 is 0. The standard InChI is InChI=1S/C16H18ClNO2/c1-11(8-12-2-5-14(17)6-3-12)18-10-13-4-7-15(19)9-16(13)20/h2-7,9,11,18-20H,8,10H2,1H3. The quantitative estimate of drug-likeness (QED) is 0.790. The van der Waals surface area contributed by atoms with Gasteiger partial charge in [0.2, 0.25) is 0 Å². The summed E-state index contributed by atoms with van der Waals surface area (Å²) in [6, 6.07) is 12.7. The van der Waals surface area contributed by atoms with E-state index in [1.54, 1.807) is 12.1 Å². The molecule has 0 spiro atoms. The summed E-state index contributed by atoms with van der Waals surface area (Å²) in [5, 5.41) is 23.0. The Morgan fingerprint density at radius 3 is 2.45 bits per heavy atom. The fourth-order valence-electron chi connectivity index (χ4n) is 2.03. The Labute approximate surface area is 123 Å². The maximum atomic E-state index is 9.71. The van der Waals surface area contributed by atoms with Crippen LogP contribution in [0.1, 0.15) is 18.1 Å². The van der Waals surface area contributed by atoms with E-state index in [-0.39, 0.29) is 17.5 Å². The zero-order chi connectivity index (χ0) is 14.5. The maximum Gasteiger partial charge on any atom is 0.123 e. The average Bonchev–Trinajstić information content (AvgIpc) is 2.40. The number of benzene rings is 2. The molecule has 0 aliphatic heterocycles. The van der Waals surface area contributed by atoms with Crippen LogP contribution >= 0.6 is 11.6 Å². The predicted octanol–water partition coefficient (Wildman–Crippen LogP) is 3.47. The Bertz CT molecular complexity index is 569. The molecular formula is C16H18ClNO2. The molecular weight excluding hydrogens is 274 g/mol. The van der Waals surface area contributed by atoms with Gasteiger partial charge < -0.3 is 15.5 Å². The highest BCUT2D eigenvalue weighted by Crippen LogP contribution is 2.22. The van der Waals surface area contributed by atoms with E-state index >= 15 is 0 Å². The van der Waals surface area contributed by atoms with Crippen molar-refractivity contribution >= 4 is 11.6 Å². The molecule has 0 fully saturated rings. The first kappa shape index (κ1) is 14.7. The highest BCUT2D eigenvalue weighted by atomic mass is 35.5. The zero-order valence-electron chi connectivity index (χ0n) is 11.3. The number of phenols is 2. The van der Waals surface area contributed by atoms with Gasteiger partial charge in [0, 0.05) is 29.2 Å². The summed E-state index contributed by atoms with van der Waals surface area (Å²) in [5.41, 5.74) is 1.98. The molecule has 0 amide bonds. The van der Waals surface area contributed by atoms with Crippen molar-refractivity contribution in [2.45, 2.75) is 25.9 Å². The molecule has 0 saturated heterocycles. The Kier molecular flexibility index (Phi) is 4.88. The molecule has 2 aromatic rings. The summed E-state index contributed by atoms with van der Waals surface area (Å²) in [6.07, 6.45) is 0.885. The predicted molar refractivity (Wildman–Crippen MR) is 81.2 cm³/mol. The lowest BCUT2D eigenvalue weighted by atomic mass is 10.1. The van der Waals surface area contributed by atoms with Gasteiger partial charge in [-0.15, -0.1) is 0 Å². The molecule has 3 nitrogen and oxygen atoms in total. The number of hydrogen-bond donors (Lipinski definition) is 3. The number of halogens is 1. The first-order valence-corrected chi connectivity index (χ1v) is 6.91. The third kappa shape index (κ3) is 4.15. The summed E-state index contributed by atoms with van der Waals surface area (Å²) in [7, 11) is 0. The second-order valence-electron chi connectivity index (χ2n) is 4.93. The molecule has 20 heavy (non-hydrogen) atoms. The molecule has 0 saturated carbocycles. The fraction of sp³-hybridized carbons (Fsp3) is 0.250. The van der Waals surface area contributed by atoms with E-state index in [1.807, 2.05) is 24.3 Å². The average molecular weight is 292 g/mol. The van der Waals surface area contributed by atoms with E-state index in [1.165, 1.54) is 11.6 Å². The van der Waals surface area contributed by atoms with Gasteiger partial charge in [-0.3, -0.25) is 0 Å². The van der Waals surface area contributed by atoms with Gasteiger partial charge in [0.05, 0.1) is 0 Å². The van der Waals surface area contributed by atoms with Gasteiger partial charge in [0.25, 0.3) is 0 Å². The van der Waals surface area contributed by atoms with Crippen molar-refractivity contribution < 1.29 is 10.2 Å². The van der Waals surface area contributed by atoms with Gasteiger partial charge in [0.1, 0.15) is 11.5 Å². The molecule has 0 aliphatic carbocycles. The first-order chi connectivity index (χ1) is 9.54. The molecule has 106 valence electrons. The lowest BCUT2D eigenvalue weighted by Crippen LogP contribution is -2.27. The molecule has 1 unspecified atom stereocenters.